The zero-order chi connectivity index (χ0) is 38.9. The van der Waals surface area contributed by atoms with Gasteiger partial charge in [-0.2, -0.15) is 0 Å². The third-order valence-corrected chi connectivity index (χ3v) is 13.0. The molecule has 0 atom stereocenters. The van der Waals surface area contributed by atoms with E-state index in [2.05, 4.69) is 9.97 Å². The van der Waals surface area contributed by atoms with Gasteiger partial charge in [-0.3, -0.25) is 0 Å². The first kappa shape index (κ1) is 42.9. The molecule has 0 bridgehead atoms. The molecular weight excluding hydrogens is 813 g/mol. The van der Waals surface area contributed by atoms with E-state index in [0.717, 1.165) is 23.4 Å². The van der Waals surface area contributed by atoms with Crippen LogP contribution < -0.4 is 62.3 Å². The average Bonchev–Trinajstić information content (AvgIpc) is 3.70. The molecule has 2 aromatic carbocycles. The van der Waals surface area contributed by atoms with Crippen molar-refractivity contribution in [3.63, 3.8) is 0 Å². The summed E-state index contributed by atoms with van der Waals surface area (Å²) in [5.41, 5.74) is 0.176. The van der Waals surface area contributed by atoms with Crippen molar-refractivity contribution in [2.24, 2.45) is 0 Å². The second-order valence-electron chi connectivity index (χ2n) is 13.6. The second-order valence-corrected chi connectivity index (χ2v) is 18.1. The topological polar surface area (TPSA) is 122 Å². The number of aromatic nitrogens is 4. The molecule has 1 aliphatic heterocycles. The fourth-order valence-electron chi connectivity index (χ4n) is 5.59. The number of aryl methyl sites for hydroxylation is 2. The molecule has 1 aliphatic rings. The molecule has 20 heteroatoms. The number of benzene rings is 2. The molecule has 278 valence electrons. The smallest absolute Gasteiger partial charge is 0.445 e. The largest absolute Gasteiger partial charge is 1.00 e. The molecule has 10 nitrogen and oxygen atoms in total. The standard InChI is InChI=1S/C20H22BClN2O4S.C14H10BClF3N2O2S.K/c1-13-6-8-15(9-7-13)29(25,26)24-12-17(16-10-14(22)11-23-18(16)24)21-27-19(2,3)20(4,5)28-21;1-9-2-4-11(5-3-9)24(22,23)21-8-13(15(17,18)19)12-6-10(16)7-20-14(12)21;/h6-12H,1-5H3;2-8H,1H3;/q;-1;+1. The number of pyridine rings is 2. The Morgan fingerprint density at radius 1 is 0.685 bits per heavy atom. The van der Waals surface area contributed by atoms with Crippen molar-refractivity contribution >= 4 is 90.3 Å². The fourth-order valence-corrected chi connectivity index (χ4v) is 8.57. The van der Waals surface area contributed by atoms with Crippen molar-refractivity contribution in [1.82, 2.24) is 17.9 Å². The summed E-state index contributed by atoms with van der Waals surface area (Å²) in [4.78, 5) is 8.14. The van der Waals surface area contributed by atoms with Gasteiger partial charge in [0.2, 0.25) is 0 Å². The summed E-state index contributed by atoms with van der Waals surface area (Å²) >= 11 is 11.9. The Morgan fingerprint density at radius 3 is 1.50 bits per heavy atom. The molecule has 7 rings (SSSR count). The van der Waals surface area contributed by atoms with Crippen molar-refractivity contribution in [1.29, 1.82) is 0 Å². The zero-order valence-corrected chi connectivity index (χ0v) is 36.5. The number of hydrogen-bond donors (Lipinski definition) is 0. The Hall–Kier alpha value is -2.22. The van der Waals surface area contributed by atoms with E-state index in [1.165, 1.54) is 28.5 Å². The third kappa shape index (κ3) is 8.12. The van der Waals surface area contributed by atoms with Gasteiger partial charge in [0.25, 0.3) is 20.0 Å². The summed E-state index contributed by atoms with van der Waals surface area (Å²) in [7, 11) is -8.81. The summed E-state index contributed by atoms with van der Waals surface area (Å²) in [6.07, 6.45) is 4.62. The molecule has 0 radical (unpaired) electrons. The van der Waals surface area contributed by atoms with Gasteiger partial charge in [0.05, 0.1) is 31.0 Å². The minimum Gasteiger partial charge on any atom is -0.445 e. The Labute approximate surface area is 364 Å². The van der Waals surface area contributed by atoms with Crippen LogP contribution in [-0.2, 0) is 29.4 Å². The van der Waals surface area contributed by atoms with Crippen LogP contribution in [0.3, 0.4) is 0 Å². The van der Waals surface area contributed by atoms with E-state index >= 15 is 0 Å². The van der Waals surface area contributed by atoms with Crippen LogP contribution in [0.1, 0.15) is 38.8 Å². The second kappa shape index (κ2) is 15.3. The monoisotopic (exact) mass is 844 g/mol. The Bertz CT molecular complexity index is 2590. The molecule has 0 spiro atoms. The van der Waals surface area contributed by atoms with Gasteiger partial charge in [0, 0.05) is 29.4 Å². The van der Waals surface area contributed by atoms with Crippen molar-refractivity contribution in [3.8, 4) is 0 Å². The Morgan fingerprint density at radius 2 is 1.07 bits per heavy atom. The fraction of sp³-hybridized carbons (Fsp3) is 0.235. The molecule has 1 fully saturated rings. The van der Waals surface area contributed by atoms with Crippen LogP contribution in [0.25, 0.3) is 22.1 Å². The average molecular weight is 845 g/mol. The summed E-state index contributed by atoms with van der Waals surface area (Å²) in [6.45, 7) is 6.03. The molecule has 0 amide bonds. The van der Waals surface area contributed by atoms with Crippen LogP contribution in [0.4, 0.5) is 12.9 Å². The summed E-state index contributed by atoms with van der Waals surface area (Å²) in [6, 6.07) is 15.3. The number of nitrogens with zero attached hydrogens (tertiary/aromatic N) is 4. The van der Waals surface area contributed by atoms with Gasteiger partial charge in [-0.1, -0.05) is 64.1 Å². The van der Waals surface area contributed by atoms with E-state index in [-0.39, 0.29) is 82.9 Å². The molecule has 0 N–H and O–H groups in total. The number of rotatable bonds is 6. The van der Waals surface area contributed by atoms with Gasteiger partial charge in [-0.05, 0) is 89.5 Å². The van der Waals surface area contributed by atoms with Crippen molar-refractivity contribution < 1.29 is 90.5 Å². The first-order valence-corrected chi connectivity index (χ1v) is 19.7. The van der Waals surface area contributed by atoms with Gasteiger partial charge in [0.1, 0.15) is 0 Å². The van der Waals surface area contributed by atoms with E-state index in [1.54, 1.807) is 49.4 Å². The molecule has 4 aromatic heterocycles. The van der Waals surface area contributed by atoms with E-state index in [9.17, 15) is 29.8 Å². The Kier molecular flexibility index (Phi) is 12.1. The third-order valence-electron chi connectivity index (χ3n) is 9.23. The normalized spacial score (nSPS) is 15.6. The van der Waals surface area contributed by atoms with Crippen molar-refractivity contribution in [2.75, 3.05) is 0 Å². The van der Waals surface area contributed by atoms with Crippen LogP contribution in [0.2, 0.25) is 10.0 Å². The van der Waals surface area contributed by atoms with Crippen LogP contribution in [0, 0.1) is 13.8 Å². The maximum Gasteiger partial charge on any atom is 1.00 e. The van der Waals surface area contributed by atoms with Gasteiger partial charge < -0.3 is 22.3 Å². The predicted molar refractivity (Wildman–Crippen MR) is 201 cm³/mol. The van der Waals surface area contributed by atoms with Crippen molar-refractivity contribution in [3.05, 3.63) is 107 Å². The molecule has 54 heavy (non-hydrogen) atoms. The molecular formula is C34H32B2Cl2F3KN4O6S2. The van der Waals surface area contributed by atoms with Gasteiger partial charge >= 0.3 is 65.5 Å². The maximum atomic E-state index is 13.3. The van der Waals surface area contributed by atoms with Gasteiger partial charge in [-0.25, -0.2) is 34.7 Å². The SMILES string of the molecule is Cc1ccc(S(=O)(=O)n2cc(B3OC(C)(C)C(C)(C)O3)c3cc(Cl)cnc32)cc1.Cc1ccc(S(=O)(=O)n2cc([B-](F)(F)F)c3cc(Cl)cnc32)cc1.[K+]. The Balaban J connectivity index is 0.000000208. The molecule has 6 aromatic rings. The van der Waals surface area contributed by atoms with E-state index in [1.807, 2.05) is 34.6 Å². The zero-order valence-electron chi connectivity index (χ0n) is 30.2. The predicted octanol–water partition coefficient (Wildman–Crippen LogP) is 3.83. The molecule has 1 saturated heterocycles. The first-order chi connectivity index (χ1) is 24.5. The van der Waals surface area contributed by atoms with Crippen LogP contribution in [0.15, 0.2) is 95.2 Å². The summed E-state index contributed by atoms with van der Waals surface area (Å²) in [5, 5.41) is 0.632. The quantitative estimate of drug-likeness (QED) is 0.232. The molecule has 0 unspecified atom stereocenters. The molecule has 5 heterocycles. The van der Waals surface area contributed by atoms with Gasteiger partial charge in [0.15, 0.2) is 11.3 Å². The minimum absolute atomic E-state index is 0. The van der Waals surface area contributed by atoms with Gasteiger partial charge in [-0.15, -0.1) is 0 Å². The van der Waals surface area contributed by atoms with E-state index < -0.39 is 50.8 Å². The van der Waals surface area contributed by atoms with Crippen LogP contribution in [0.5, 0.6) is 0 Å². The summed E-state index contributed by atoms with van der Waals surface area (Å²) < 4.78 is 106. The number of hydrogen-bond acceptors (Lipinski definition) is 8. The van der Waals surface area contributed by atoms with Crippen molar-refractivity contribution in [2.45, 2.75) is 62.5 Å². The first-order valence-electron chi connectivity index (χ1n) is 16.1. The summed E-state index contributed by atoms with van der Waals surface area (Å²) in [5.74, 6) is 0. The number of halogens is 5. The van der Waals surface area contributed by atoms with Crippen LogP contribution >= 0.6 is 23.2 Å². The van der Waals surface area contributed by atoms with E-state index in [4.69, 9.17) is 32.5 Å². The van der Waals surface area contributed by atoms with Crippen LogP contribution in [-0.4, -0.2) is 60.0 Å². The minimum atomic E-state index is -5.43. The van der Waals surface area contributed by atoms with E-state index in [0.29, 0.717) is 26.0 Å². The number of fused-ring (bicyclic) bond motifs is 2. The molecule has 0 saturated carbocycles. The maximum absolute atomic E-state index is 13.3. The molecule has 0 aliphatic carbocycles.